The molecule has 1 fully saturated rings. The molecule has 2 N–H and O–H groups in total. The number of thiazole rings is 1. The van der Waals surface area contributed by atoms with Gasteiger partial charge in [0.2, 0.25) is 0 Å². The van der Waals surface area contributed by atoms with E-state index in [0.717, 1.165) is 11.3 Å². The fourth-order valence-electron chi connectivity index (χ4n) is 2.30. The fourth-order valence-corrected chi connectivity index (χ4v) is 4.61. The number of aliphatic carboxylic acids is 1. The molecule has 8 heteroatoms. The highest BCUT2D eigenvalue weighted by Gasteiger charge is 2.43. The van der Waals surface area contributed by atoms with Crippen LogP contribution in [-0.2, 0) is 4.79 Å². The molecule has 1 amide bonds. The van der Waals surface area contributed by atoms with Crippen LogP contribution in [-0.4, -0.2) is 39.0 Å². The van der Waals surface area contributed by atoms with Crippen molar-refractivity contribution in [3.8, 4) is 10.6 Å². The van der Waals surface area contributed by atoms with Crippen LogP contribution in [0, 0.1) is 0 Å². The minimum atomic E-state index is -1.19. The molecule has 0 bridgehead atoms. The SMILES string of the molecule is O=C(NC1(C(=O)O)CCSC1)c1csc(-c2cccc(Cl)c2)n1. The molecule has 0 radical (unpaired) electrons. The number of carboxylic acid groups (broad SMARTS) is 1. The lowest BCUT2D eigenvalue weighted by Gasteiger charge is -2.23. The summed E-state index contributed by atoms with van der Waals surface area (Å²) >= 11 is 8.80. The molecule has 0 spiro atoms. The minimum Gasteiger partial charge on any atom is -0.479 e. The smallest absolute Gasteiger partial charge is 0.330 e. The molecule has 2 aromatic rings. The predicted molar refractivity (Wildman–Crippen MR) is 92.3 cm³/mol. The molecule has 1 unspecified atom stereocenters. The summed E-state index contributed by atoms with van der Waals surface area (Å²) in [4.78, 5) is 28.2. The number of thioether (sulfide) groups is 1. The van der Waals surface area contributed by atoms with E-state index in [9.17, 15) is 14.7 Å². The van der Waals surface area contributed by atoms with E-state index < -0.39 is 17.4 Å². The van der Waals surface area contributed by atoms with Gasteiger partial charge in [0.25, 0.3) is 5.91 Å². The Bertz CT molecular complexity index is 757. The normalized spacial score (nSPS) is 20.4. The molecule has 0 saturated carbocycles. The third kappa shape index (κ3) is 3.36. The molecule has 120 valence electrons. The van der Waals surface area contributed by atoms with Crippen molar-refractivity contribution in [2.45, 2.75) is 12.0 Å². The Kier molecular flexibility index (Phi) is 4.61. The van der Waals surface area contributed by atoms with Crippen molar-refractivity contribution in [2.24, 2.45) is 0 Å². The average molecular weight is 369 g/mol. The Morgan fingerprint density at radius 2 is 2.22 bits per heavy atom. The van der Waals surface area contributed by atoms with Crippen LogP contribution in [0.2, 0.25) is 5.02 Å². The van der Waals surface area contributed by atoms with E-state index in [1.54, 1.807) is 17.5 Å². The molecular weight excluding hydrogens is 356 g/mol. The van der Waals surface area contributed by atoms with E-state index in [0.29, 0.717) is 22.2 Å². The first-order valence-electron chi connectivity index (χ1n) is 6.85. The van der Waals surface area contributed by atoms with Crippen molar-refractivity contribution in [3.05, 3.63) is 40.4 Å². The number of benzene rings is 1. The maximum absolute atomic E-state index is 12.4. The maximum atomic E-state index is 12.4. The van der Waals surface area contributed by atoms with Gasteiger partial charge in [-0.25, -0.2) is 9.78 Å². The summed E-state index contributed by atoms with van der Waals surface area (Å²) in [5.74, 6) is -0.364. The molecule has 1 saturated heterocycles. The first kappa shape index (κ1) is 16.3. The first-order chi connectivity index (χ1) is 11.0. The van der Waals surface area contributed by atoms with Crippen molar-refractivity contribution < 1.29 is 14.7 Å². The average Bonchev–Trinajstić information content (AvgIpc) is 3.17. The van der Waals surface area contributed by atoms with Crippen molar-refractivity contribution in [1.29, 1.82) is 0 Å². The standard InChI is InChI=1S/C15H13ClN2O3S2/c16-10-3-1-2-9(6-10)13-17-11(7-23-13)12(19)18-15(14(20)21)4-5-22-8-15/h1-3,6-7H,4-5,8H2,(H,18,19)(H,20,21). The Hall–Kier alpha value is -1.57. The minimum absolute atomic E-state index is 0.225. The lowest BCUT2D eigenvalue weighted by molar-refractivity contribution is -0.143. The third-order valence-corrected chi connectivity index (χ3v) is 5.91. The van der Waals surface area contributed by atoms with Crippen molar-refractivity contribution >= 4 is 46.6 Å². The summed E-state index contributed by atoms with van der Waals surface area (Å²) in [6.07, 6.45) is 0.421. The van der Waals surface area contributed by atoms with E-state index in [1.165, 1.54) is 23.1 Å². The number of carbonyl (C=O) groups is 2. The van der Waals surface area contributed by atoms with Gasteiger partial charge in [0.15, 0.2) is 0 Å². The van der Waals surface area contributed by atoms with Crippen LogP contribution in [0.25, 0.3) is 10.6 Å². The van der Waals surface area contributed by atoms with Gasteiger partial charge in [0, 0.05) is 21.7 Å². The number of aromatic nitrogens is 1. The lowest BCUT2D eigenvalue weighted by Crippen LogP contribution is -2.54. The third-order valence-electron chi connectivity index (χ3n) is 3.59. The van der Waals surface area contributed by atoms with Gasteiger partial charge in [-0.15, -0.1) is 11.3 Å². The van der Waals surface area contributed by atoms with Crippen LogP contribution in [0.4, 0.5) is 0 Å². The Morgan fingerprint density at radius 3 is 2.87 bits per heavy atom. The monoisotopic (exact) mass is 368 g/mol. The highest BCUT2D eigenvalue weighted by molar-refractivity contribution is 7.99. The number of halogens is 1. The van der Waals surface area contributed by atoms with Crippen LogP contribution >= 0.6 is 34.7 Å². The summed E-state index contributed by atoms with van der Waals surface area (Å²) in [5, 5.41) is 14.9. The molecule has 0 aliphatic carbocycles. The van der Waals surface area contributed by atoms with Gasteiger partial charge in [-0.3, -0.25) is 4.79 Å². The summed E-state index contributed by atoms with van der Waals surface area (Å²) in [6, 6.07) is 7.21. The summed E-state index contributed by atoms with van der Waals surface area (Å²) < 4.78 is 0. The molecule has 1 atom stereocenters. The van der Waals surface area contributed by atoms with Crippen LogP contribution in [0.3, 0.4) is 0 Å². The number of amides is 1. The van der Waals surface area contributed by atoms with Gasteiger partial charge in [0.1, 0.15) is 16.2 Å². The molecule has 23 heavy (non-hydrogen) atoms. The molecule has 1 aliphatic heterocycles. The zero-order valence-electron chi connectivity index (χ0n) is 11.9. The second kappa shape index (κ2) is 6.51. The number of rotatable bonds is 4. The predicted octanol–water partition coefficient (Wildman–Crippen LogP) is 3.15. The van der Waals surface area contributed by atoms with Crippen molar-refractivity contribution in [3.63, 3.8) is 0 Å². The van der Waals surface area contributed by atoms with Gasteiger partial charge in [-0.05, 0) is 24.3 Å². The van der Waals surface area contributed by atoms with Gasteiger partial charge in [-0.2, -0.15) is 11.8 Å². The van der Waals surface area contributed by atoms with Crippen LogP contribution in [0.5, 0.6) is 0 Å². The summed E-state index contributed by atoms with van der Waals surface area (Å²) in [5.41, 5.74) is -0.143. The maximum Gasteiger partial charge on any atom is 0.330 e. The number of hydrogen-bond donors (Lipinski definition) is 2. The number of carbonyl (C=O) groups excluding carboxylic acids is 1. The number of carboxylic acids is 1. The van der Waals surface area contributed by atoms with Gasteiger partial charge in [0.05, 0.1) is 0 Å². The number of nitrogens with one attached hydrogen (secondary N) is 1. The summed E-state index contributed by atoms with van der Waals surface area (Å²) in [6.45, 7) is 0. The highest BCUT2D eigenvalue weighted by atomic mass is 35.5. The molecule has 1 aromatic heterocycles. The zero-order chi connectivity index (χ0) is 16.4. The topological polar surface area (TPSA) is 79.3 Å². The summed E-state index contributed by atoms with van der Waals surface area (Å²) in [7, 11) is 0. The quantitative estimate of drug-likeness (QED) is 0.866. The van der Waals surface area contributed by atoms with E-state index in [4.69, 9.17) is 11.6 Å². The Labute approximate surface area is 146 Å². The van der Waals surface area contributed by atoms with Crippen LogP contribution in [0.1, 0.15) is 16.9 Å². The van der Waals surface area contributed by atoms with E-state index in [2.05, 4.69) is 10.3 Å². The Morgan fingerprint density at radius 1 is 1.39 bits per heavy atom. The van der Waals surface area contributed by atoms with Gasteiger partial charge >= 0.3 is 5.97 Å². The molecule has 1 aliphatic rings. The number of nitrogens with zero attached hydrogens (tertiary/aromatic N) is 1. The second-order valence-corrected chi connectivity index (χ2v) is 7.59. The lowest BCUT2D eigenvalue weighted by atomic mass is 9.99. The van der Waals surface area contributed by atoms with Crippen molar-refractivity contribution in [1.82, 2.24) is 10.3 Å². The molecule has 1 aromatic carbocycles. The largest absolute Gasteiger partial charge is 0.479 e. The molecule has 3 rings (SSSR count). The van der Waals surface area contributed by atoms with Gasteiger partial charge in [-0.1, -0.05) is 23.7 Å². The highest BCUT2D eigenvalue weighted by Crippen LogP contribution is 2.30. The van der Waals surface area contributed by atoms with E-state index >= 15 is 0 Å². The van der Waals surface area contributed by atoms with Crippen LogP contribution in [0.15, 0.2) is 29.6 Å². The van der Waals surface area contributed by atoms with E-state index in [1.807, 2.05) is 12.1 Å². The fraction of sp³-hybridized carbons (Fsp3) is 0.267. The molecular formula is C15H13ClN2O3S2. The molecule has 5 nitrogen and oxygen atoms in total. The van der Waals surface area contributed by atoms with Crippen LogP contribution < -0.4 is 5.32 Å². The number of hydrogen-bond acceptors (Lipinski definition) is 5. The van der Waals surface area contributed by atoms with Gasteiger partial charge < -0.3 is 10.4 Å². The van der Waals surface area contributed by atoms with Crippen molar-refractivity contribution in [2.75, 3.05) is 11.5 Å². The second-order valence-electron chi connectivity index (χ2n) is 5.19. The zero-order valence-corrected chi connectivity index (χ0v) is 14.3. The first-order valence-corrected chi connectivity index (χ1v) is 9.26. The molecule has 2 heterocycles. The van der Waals surface area contributed by atoms with E-state index in [-0.39, 0.29) is 5.69 Å². The Balaban J connectivity index is 1.80.